The Balaban J connectivity index is 1.24. The number of para-hydroxylation sites is 4. The van der Waals surface area contributed by atoms with Gasteiger partial charge in [-0.1, -0.05) is 83.9 Å². The first-order valence-electron chi connectivity index (χ1n) is 15.3. The maximum absolute atomic E-state index is 13.9. The summed E-state index contributed by atoms with van der Waals surface area (Å²) in [4.78, 5) is 13.9. The van der Waals surface area contributed by atoms with Gasteiger partial charge in [0.25, 0.3) is 0 Å². The molecule has 0 atom stereocenters. The quantitative estimate of drug-likeness (QED) is 0.0628. The Bertz CT molecular complexity index is 2000. The summed E-state index contributed by atoms with van der Waals surface area (Å²) in [5, 5.41) is 7.69. The Morgan fingerprint density at radius 1 is 0.542 bits per heavy atom. The summed E-state index contributed by atoms with van der Waals surface area (Å²) >= 11 is 13.5. The van der Waals surface area contributed by atoms with E-state index in [1.807, 2.05) is 109 Å². The zero-order valence-corrected chi connectivity index (χ0v) is 27.4. The summed E-state index contributed by atoms with van der Waals surface area (Å²) in [6.07, 6.45) is 0. The fraction of sp³-hybridized carbons (Fsp3) is 0.0513. The summed E-state index contributed by atoms with van der Waals surface area (Å²) in [5.74, 6) is -0.161. The van der Waals surface area contributed by atoms with Crippen LogP contribution in [-0.4, -0.2) is 5.78 Å². The van der Waals surface area contributed by atoms with Crippen LogP contribution in [0.25, 0.3) is 22.3 Å². The highest BCUT2D eigenvalue weighted by Crippen LogP contribution is 2.36. The lowest BCUT2D eigenvalue weighted by Crippen LogP contribution is -2.13. The molecule has 240 valence electrons. The third-order valence-corrected chi connectivity index (χ3v) is 8.80. The Morgan fingerprint density at radius 3 is 1.33 bits per heavy atom. The number of nitrogen functional groups attached to an aromatic ring is 2. The van der Waals surface area contributed by atoms with Gasteiger partial charge >= 0.3 is 0 Å². The van der Waals surface area contributed by atoms with E-state index in [1.165, 1.54) is 0 Å². The standard InChI is InChI=1S/C39H34Cl2N6O/c40-33-19-27(46-37-7-3-1-5-35(37)44)11-15-29(33)23-9-13-31(25(17-23)21-42)39(48)32-14-10-24(18-26(32)22-43)30-16-12-28(20-34(30)41)47-38-8-4-2-6-36(38)45/h1-20,46-47H,21-22,42-45H2. The monoisotopic (exact) mass is 672 g/mol. The van der Waals surface area contributed by atoms with E-state index in [1.54, 1.807) is 12.1 Å². The molecule has 6 aromatic rings. The Labute approximate surface area is 289 Å². The topological polar surface area (TPSA) is 145 Å². The third-order valence-electron chi connectivity index (χ3n) is 8.18. The van der Waals surface area contributed by atoms with Crippen LogP contribution in [0.15, 0.2) is 121 Å². The predicted molar refractivity (Wildman–Crippen MR) is 201 cm³/mol. The fourth-order valence-electron chi connectivity index (χ4n) is 5.64. The van der Waals surface area contributed by atoms with Gasteiger partial charge < -0.3 is 33.6 Å². The molecular weight excluding hydrogens is 639 g/mol. The van der Waals surface area contributed by atoms with Crippen molar-refractivity contribution in [3.8, 4) is 22.3 Å². The molecule has 0 aromatic heterocycles. The average molecular weight is 674 g/mol. The lowest BCUT2D eigenvalue weighted by atomic mass is 9.90. The molecule has 48 heavy (non-hydrogen) atoms. The van der Waals surface area contributed by atoms with Crippen molar-refractivity contribution in [2.45, 2.75) is 13.1 Å². The van der Waals surface area contributed by atoms with Crippen LogP contribution in [0.2, 0.25) is 10.0 Å². The van der Waals surface area contributed by atoms with Gasteiger partial charge in [0.2, 0.25) is 0 Å². The van der Waals surface area contributed by atoms with E-state index in [0.29, 0.717) is 43.7 Å². The number of nitrogens with two attached hydrogens (primary N) is 4. The number of anilines is 6. The summed E-state index contributed by atoms with van der Waals surface area (Å²) < 4.78 is 0. The van der Waals surface area contributed by atoms with Crippen molar-refractivity contribution in [3.05, 3.63) is 154 Å². The average Bonchev–Trinajstić information content (AvgIpc) is 3.09. The number of halogens is 2. The van der Waals surface area contributed by atoms with Crippen molar-refractivity contribution in [3.63, 3.8) is 0 Å². The summed E-state index contributed by atoms with van der Waals surface area (Å²) in [5.41, 5.74) is 34.7. The van der Waals surface area contributed by atoms with Crippen LogP contribution < -0.4 is 33.6 Å². The van der Waals surface area contributed by atoms with Gasteiger partial charge in [-0.3, -0.25) is 4.79 Å². The first-order chi connectivity index (χ1) is 23.2. The van der Waals surface area contributed by atoms with Crippen LogP contribution in [0, 0.1) is 0 Å². The number of rotatable bonds is 10. The molecule has 6 rings (SSSR count). The number of nitrogens with one attached hydrogen (secondary N) is 2. The number of hydrogen-bond donors (Lipinski definition) is 6. The van der Waals surface area contributed by atoms with E-state index in [2.05, 4.69) is 10.6 Å². The molecule has 7 nitrogen and oxygen atoms in total. The van der Waals surface area contributed by atoms with Crippen LogP contribution in [0.3, 0.4) is 0 Å². The first-order valence-corrected chi connectivity index (χ1v) is 16.0. The van der Waals surface area contributed by atoms with Gasteiger partial charge in [0, 0.05) is 46.7 Å². The van der Waals surface area contributed by atoms with Crippen LogP contribution in [-0.2, 0) is 13.1 Å². The van der Waals surface area contributed by atoms with E-state index in [9.17, 15) is 4.79 Å². The van der Waals surface area contributed by atoms with Gasteiger partial charge in [-0.2, -0.15) is 0 Å². The molecule has 0 aliphatic carbocycles. The molecule has 0 bridgehead atoms. The maximum atomic E-state index is 13.9. The zero-order chi connectivity index (χ0) is 33.8. The van der Waals surface area contributed by atoms with Crippen molar-refractivity contribution in [2.24, 2.45) is 11.5 Å². The molecule has 0 unspecified atom stereocenters. The summed E-state index contributed by atoms with van der Waals surface area (Å²) in [6, 6.07) is 37.6. The van der Waals surface area contributed by atoms with Gasteiger partial charge in [-0.25, -0.2) is 0 Å². The molecule has 0 aliphatic rings. The highest BCUT2D eigenvalue weighted by Gasteiger charge is 2.19. The molecule has 10 N–H and O–H groups in total. The van der Waals surface area contributed by atoms with E-state index >= 15 is 0 Å². The van der Waals surface area contributed by atoms with Crippen LogP contribution in [0.1, 0.15) is 27.0 Å². The SMILES string of the molecule is NCc1cc(-c2ccc(Nc3ccccc3N)cc2Cl)ccc1C(=O)c1ccc(-c2ccc(Nc3ccccc3N)cc2Cl)cc1CN. The molecule has 0 fully saturated rings. The molecule has 0 radical (unpaired) electrons. The number of benzene rings is 6. The minimum absolute atomic E-state index is 0.161. The largest absolute Gasteiger partial charge is 0.397 e. The molecule has 0 amide bonds. The minimum atomic E-state index is -0.161. The zero-order valence-electron chi connectivity index (χ0n) is 25.9. The molecule has 6 aromatic carbocycles. The molecule has 0 saturated carbocycles. The normalized spacial score (nSPS) is 10.9. The van der Waals surface area contributed by atoms with Crippen molar-refractivity contribution in [2.75, 3.05) is 22.1 Å². The molecule has 0 saturated heterocycles. The predicted octanol–water partition coefficient (Wildman–Crippen LogP) is 9.13. The number of carbonyl (C=O) groups is 1. The molecular formula is C39H34Cl2N6O. The Morgan fingerprint density at radius 2 is 0.958 bits per heavy atom. The second kappa shape index (κ2) is 14.2. The van der Waals surface area contributed by atoms with Crippen LogP contribution in [0.5, 0.6) is 0 Å². The van der Waals surface area contributed by atoms with Gasteiger partial charge in [-0.15, -0.1) is 0 Å². The lowest BCUT2D eigenvalue weighted by Gasteiger charge is -2.15. The second-order valence-corrected chi connectivity index (χ2v) is 12.1. The number of ketones is 1. The second-order valence-electron chi connectivity index (χ2n) is 11.3. The number of hydrogen-bond acceptors (Lipinski definition) is 7. The van der Waals surface area contributed by atoms with E-state index in [0.717, 1.165) is 45.0 Å². The van der Waals surface area contributed by atoms with Crippen molar-refractivity contribution < 1.29 is 4.79 Å². The smallest absolute Gasteiger partial charge is 0.193 e. The fourth-order valence-corrected chi connectivity index (χ4v) is 6.21. The van der Waals surface area contributed by atoms with E-state index in [4.69, 9.17) is 46.1 Å². The van der Waals surface area contributed by atoms with Gasteiger partial charge in [0.15, 0.2) is 5.78 Å². The minimum Gasteiger partial charge on any atom is -0.397 e. The van der Waals surface area contributed by atoms with E-state index in [-0.39, 0.29) is 18.9 Å². The van der Waals surface area contributed by atoms with Crippen molar-refractivity contribution >= 4 is 63.1 Å². The Hall–Kier alpha value is -5.31. The van der Waals surface area contributed by atoms with Gasteiger partial charge in [0.1, 0.15) is 0 Å². The molecule has 0 heterocycles. The summed E-state index contributed by atoms with van der Waals surface area (Å²) in [6.45, 7) is 0.334. The molecule has 0 aliphatic heterocycles. The number of carbonyl (C=O) groups excluding carboxylic acids is 1. The van der Waals surface area contributed by atoms with Crippen LogP contribution in [0.4, 0.5) is 34.1 Å². The first kappa shape index (κ1) is 32.6. The Kier molecular flexibility index (Phi) is 9.66. The highest BCUT2D eigenvalue weighted by molar-refractivity contribution is 6.34. The third kappa shape index (κ3) is 6.86. The van der Waals surface area contributed by atoms with Gasteiger partial charge in [0.05, 0.1) is 32.8 Å². The lowest BCUT2D eigenvalue weighted by molar-refractivity contribution is 0.103. The van der Waals surface area contributed by atoms with Crippen molar-refractivity contribution in [1.29, 1.82) is 0 Å². The molecule has 9 heteroatoms. The van der Waals surface area contributed by atoms with Crippen molar-refractivity contribution in [1.82, 2.24) is 0 Å². The maximum Gasteiger partial charge on any atom is 0.193 e. The van der Waals surface area contributed by atoms with E-state index < -0.39 is 0 Å². The highest BCUT2D eigenvalue weighted by atomic mass is 35.5. The summed E-state index contributed by atoms with van der Waals surface area (Å²) in [7, 11) is 0. The molecule has 0 spiro atoms. The van der Waals surface area contributed by atoms with Crippen LogP contribution >= 0.6 is 23.2 Å². The van der Waals surface area contributed by atoms with Gasteiger partial charge in [-0.05, 0) is 82.9 Å².